The molecule has 0 saturated carbocycles. The monoisotopic (exact) mass is 334 g/mol. The minimum atomic E-state index is -0.452. The van der Waals surface area contributed by atoms with E-state index in [0.29, 0.717) is 13.2 Å². The number of ether oxygens (including phenoxy) is 1. The Bertz CT molecular complexity index is 517. The van der Waals surface area contributed by atoms with Crippen molar-refractivity contribution in [3.05, 3.63) is 29.3 Å². The van der Waals surface area contributed by atoms with E-state index in [9.17, 15) is 5.11 Å². The first kappa shape index (κ1) is 19.2. The van der Waals surface area contributed by atoms with Gasteiger partial charge in [-0.2, -0.15) is 0 Å². The fourth-order valence-electron chi connectivity index (χ4n) is 3.18. The maximum Gasteiger partial charge on any atom is 0.123 e. The average molecular weight is 335 g/mol. The molecule has 0 amide bonds. The van der Waals surface area contributed by atoms with Crippen molar-refractivity contribution >= 4 is 0 Å². The van der Waals surface area contributed by atoms with Gasteiger partial charge in [-0.15, -0.1) is 0 Å². The summed E-state index contributed by atoms with van der Waals surface area (Å²) in [5, 5.41) is 10.4. The molecule has 1 aromatic rings. The highest BCUT2D eigenvalue weighted by molar-refractivity contribution is 5.41. The SMILES string of the molecule is CCN1CCN(CC(O)COc2ccc(C)cc2C(C)(C)C)CC1. The Morgan fingerprint density at radius 1 is 1.12 bits per heavy atom. The molecule has 1 aliphatic heterocycles. The molecule has 1 heterocycles. The van der Waals surface area contributed by atoms with Crippen LogP contribution in [0.4, 0.5) is 0 Å². The Balaban J connectivity index is 1.87. The van der Waals surface area contributed by atoms with Crippen LogP contribution in [0.1, 0.15) is 38.8 Å². The van der Waals surface area contributed by atoms with Gasteiger partial charge in [0.1, 0.15) is 18.5 Å². The Hall–Kier alpha value is -1.10. The Kier molecular flexibility index (Phi) is 6.67. The van der Waals surface area contributed by atoms with Crippen molar-refractivity contribution < 1.29 is 9.84 Å². The summed E-state index contributed by atoms with van der Waals surface area (Å²) >= 11 is 0. The summed E-state index contributed by atoms with van der Waals surface area (Å²) in [6, 6.07) is 6.29. The zero-order valence-corrected chi connectivity index (χ0v) is 16.0. The summed E-state index contributed by atoms with van der Waals surface area (Å²) < 4.78 is 5.98. The van der Waals surface area contributed by atoms with Crippen LogP contribution in [0.3, 0.4) is 0 Å². The summed E-state index contributed by atoms with van der Waals surface area (Å²) in [7, 11) is 0. The molecule has 1 N–H and O–H groups in total. The van der Waals surface area contributed by atoms with Crippen molar-refractivity contribution in [1.29, 1.82) is 0 Å². The van der Waals surface area contributed by atoms with Crippen LogP contribution < -0.4 is 4.74 Å². The quantitative estimate of drug-likeness (QED) is 0.868. The minimum absolute atomic E-state index is 0.0305. The predicted molar refractivity (Wildman–Crippen MR) is 99.9 cm³/mol. The first-order valence-electron chi connectivity index (χ1n) is 9.16. The van der Waals surface area contributed by atoms with Crippen LogP contribution in [0, 0.1) is 6.92 Å². The Labute approximate surface area is 147 Å². The van der Waals surface area contributed by atoms with Gasteiger partial charge < -0.3 is 14.7 Å². The van der Waals surface area contributed by atoms with Crippen LogP contribution in [0.2, 0.25) is 0 Å². The lowest BCUT2D eigenvalue weighted by atomic mass is 9.85. The highest BCUT2D eigenvalue weighted by Crippen LogP contribution is 2.32. The number of β-amino-alcohol motifs (C(OH)–C–C–N with tert-alkyl or cyclic N) is 1. The van der Waals surface area contributed by atoms with Crippen LogP contribution >= 0.6 is 0 Å². The van der Waals surface area contributed by atoms with Crippen LogP contribution in [0.25, 0.3) is 0 Å². The molecule has 1 unspecified atom stereocenters. The summed E-state index contributed by atoms with van der Waals surface area (Å²) in [6.07, 6.45) is -0.452. The number of hydrogen-bond donors (Lipinski definition) is 1. The van der Waals surface area contributed by atoms with Gasteiger partial charge in [-0.1, -0.05) is 45.4 Å². The van der Waals surface area contributed by atoms with Gasteiger partial charge in [-0.3, -0.25) is 4.90 Å². The van der Waals surface area contributed by atoms with E-state index in [4.69, 9.17) is 4.74 Å². The molecule has 0 aromatic heterocycles. The van der Waals surface area contributed by atoms with Gasteiger partial charge >= 0.3 is 0 Å². The van der Waals surface area contributed by atoms with Crippen molar-refractivity contribution in [2.24, 2.45) is 0 Å². The number of rotatable bonds is 6. The van der Waals surface area contributed by atoms with Crippen molar-refractivity contribution in [3.63, 3.8) is 0 Å². The average Bonchev–Trinajstić information content (AvgIpc) is 2.53. The van der Waals surface area contributed by atoms with E-state index < -0.39 is 6.10 Å². The van der Waals surface area contributed by atoms with E-state index in [0.717, 1.165) is 38.5 Å². The number of piperazine rings is 1. The molecule has 2 rings (SSSR count). The summed E-state index contributed by atoms with van der Waals surface area (Å²) in [4.78, 5) is 4.78. The largest absolute Gasteiger partial charge is 0.491 e. The van der Waals surface area contributed by atoms with Crippen molar-refractivity contribution in [1.82, 2.24) is 9.80 Å². The zero-order chi connectivity index (χ0) is 17.7. The number of hydrogen-bond acceptors (Lipinski definition) is 4. The fourth-order valence-corrected chi connectivity index (χ4v) is 3.18. The third-order valence-electron chi connectivity index (χ3n) is 4.76. The zero-order valence-electron chi connectivity index (χ0n) is 16.0. The van der Waals surface area contributed by atoms with Gasteiger partial charge in [0.2, 0.25) is 0 Å². The molecule has 1 fully saturated rings. The fraction of sp³-hybridized carbons (Fsp3) is 0.700. The van der Waals surface area contributed by atoms with Gasteiger partial charge in [0.25, 0.3) is 0 Å². The number of aliphatic hydroxyl groups excluding tert-OH is 1. The van der Waals surface area contributed by atoms with Crippen molar-refractivity contribution in [2.45, 2.75) is 46.1 Å². The number of aryl methyl sites for hydroxylation is 1. The predicted octanol–water partition coefficient (Wildman–Crippen LogP) is 2.67. The van der Waals surface area contributed by atoms with Gasteiger partial charge in [-0.05, 0) is 30.5 Å². The maximum absolute atomic E-state index is 10.4. The van der Waals surface area contributed by atoms with Crippen molar-refractivity contribution in [3.8, 4) is 5.75 Å². The van der Waals surface area contributed by atoms with E-state index in [1.165, 1.54) is 11.1 Å². The lowest BCUT2D eigenvalue weighted by Gasteiger charge is -2.35. The second-order valence-electron chi connectivity index (χ2n) is 7.95. The van der Waals surface area contributed by atoms with Crippen molar-refractivity contribution in [2.75, 3.05) is 45.9 Å². The van der Waals surface area contributed by atoms with Crippen LogP contribution in [-0.2, 0) is 5.41 Å². The van der Waals surface area contributed by atoms with E-state index in [2.05, 4.69) is 56.6 Å². The molecule has 0 bridgehead atoms. The highest BCUT2D eigenvalue weighted by atomic mass is 16.5. The number of aliphatic hydroxyl groups is 1. The summed E-state index contributed by atoms with van der Waals surface area (Å²) in [5.74, 6) is 0.892. The van der Waals surface area contributed by atoms with Gasteiger partial charge in [0, 0.05) is 32.7 Å². The molecule has 4 heteroatoms. The molecule has 0 spiro atoms. The van der Waals surface area contributed by atoms with Gasteiger partial charge in [0.05, 0.1) is 0 Å². The summed E-state index contributed by atoms with van der Waals surface area (Å²) in [6.45, 7) is 17.3. The van der Waals surface area contributed by atoms with Crippen LogP contribution in [0.15, 0.2) is 18.2 Å². The standard InChI is InChI=1S/C20H34N2O2/c1-6-21-9-11-22(12-10-21)14-17(23)15-24-19-8-7-16(2)13-18(19)20(3,4)5/h7-8,13,17,23H,6,9-12,14-15H2,1-5H3. The molecule has 24 heavy (non-hydrogen) atoms. The first-order chi connectivity index (χ1) is 11.3. The number of likely N-dealkylation sites (N-methyl/N-ethyl adjacent to an activating group) is 1. The van der Waals surface area contributed by atoms with E-state index in [1.807, 2.05) is 6.07 Å². The van der Waals surface area contributed by atoms with E-state index >= 15 is 0 Å². The lowest BCUT2D eigenvalue weighted by molar-refractivity contribution is 0.0466. The molecular weight excluding hydrogens is 300 g/mol. The Morgan fingerprint density at radius 3 is 2.33 bits per heavy atom. The maximum atomic E-state index is 10.4. The minimum Gasteiger partial charge on any atom is -0.491 e. The molecule has 4 nitrogen and oxygen atoms in total. The second kappa shape index (κ2) is 8.32. The number of benzene rings is 1. The van der Waals surface area contributed by atoms with E-state index in [1.54, 1.807) is 0 Å². The molecule has 0 aliphatic carbocycles. The molecule has 1 aromatic carbocycles. The third-order valence-corrected chi connectivity index (χ3v) is 4.76. The molecule has 136 valence electrons. The Morgan fingerprint density at radius 2 is 1.75 bits per heavy atom. The number of nitrogens with zero attached hydrogens (tertiary/aromatic N) is 2. The second-order valence-corrected chi connectivity index (χ2v) is 7.95. The first-order valence-corrected chi connectivity index (χ1v) is 9.16. The summed E-state index contributed by atoms with van der Waals surface area (Å²) in [5.41, 5.74) is 2.47. The topological polar surface area (TPSA) is 35.9 Å². The lowest BCUT2D eigenvalue weighted by Crippen LogP contribution is -2.49. The third kappa shape index (κ3) is 5.47. The molecule has 1 aliphatic rings. The molecule has 1 saturated heterocycles. The smallest absolute Gasteiger partial charge is 0.123 e. The van der Waals surface area contributed by atoms with Gasteiger partial charge in [-0.25, -0.2) is 0 Å². The normalized spacial score (nSPS) is 18.6. The molecule has 0 radical (unpaired) electrons. The van der Waals surface area contributed by atoms with Crippen LogP contribution in [-0.4, -0.2) is 66.9 Å². The van der Waals surface area contributed by atoms with Crippen LogP contribution in [0.5, 0.6) is 5.75 Å². The van der Waals surface area contributed by atoms with Gasteiger partial charge in [0.15, 0.2) is 0 Å². The molecular formula is C20H34N2O2. The molecule has 1 atom stereocenters. The van der Waals surface area contributed by atoms with E-state index in [-0.39, 0.29) is 5.41 Å². The highest BCUT2D eigenvalue weighted by Gasteiger charge is 2.21.